The molecule has 3 heterocycles. The molecule has 0 spiro atoms. The van der Waals surface area contributed by atoms with E-state index in [1.807, 2.05) is 24.3 Å². The molecule has 0 radical (unpaired) electrons. The molecule has 3 aromatic rings. The molecule has 2 N–H and O–H groups in total. The molecule has 1 unspecified atom stereocenters. The van der Waals surface area contributed by atoms with Gasteiger partial charge in [0.25, 0.3) is 32.1 Å². The van der Waals surface area contributed by atoms with Crippen LogP contribution < -0.4 is 14.5 Å². The summed E-state index contributed by atoms with van der Waals surface area (Å²) in [5.74, 6) is -0.867. The van der Waals surface area contributed by atoms with Crippen molar-refractivity contribution < 1.29 is 49.9 Å². The zero-order valence-electron chi connectivity index (χ0n) is 37.9. The van der Waals surface area contributed by atoms with Gasteiger partial charge in [-0.3, -0.25) is 18.7 Å². The molecule has 3 aliphatic heterocycles. The van der Waals surface area contributed by atoms with Gasteiger partial charge in [-0.25, -0.2) is 4.79 Å². The van der Waals surface area contributed by atoms with Gasteiger partial charge in [0.2, 0.25) is 0 Å². The van der Waals surface area contributed by atoms with E-state index in [1.54, 1.807) is 0 Å². The highest BCUT2D eigenvalue weighted by atomic mass is 32.2. The number of nitrogens with zero attached hydrogens (tertiary/aromatic N) is 3. The van der Waals surface area contributed by atoms with E-state index in [1.165, 1.54) is 35.4 Å². The van der Waals surface area contributed by atoms with E-state index in [2.05, 4.69) is 86.1 Å². The quantitative estimate of drug-likeness (QED) is 0.0700. The number of amides is 2. The Morgan fingerprint density at radius 1 is 0.758 bits per heavy atom. The maximum atomic E-state index is 12.5. The average Bonchev–Trinajstić information content (AvgIpc) is 3.78. The molecular weight excluding hydrogens is 883 g/mol. The van der Waals surface area contributed by atoms with E-state index < -0.39 is 38.0 Å². The molecule has 14 nitrogen and oxygen atoms in total. The van der Waals surface area contributed by atoms with Crippen molar-refractivity contribution in [1.29, 1.82) is 0 Å². The molecule has 16 heteroatoms. The second-order valence-electron chi connectivity index (χ2n) is 18.4. The number of benzene rings is 3. The van der Waals surface area contributed by atoms with Crippen molar-refractivity contribution >= 4 is 49.4 Å². The van der Waals surface area contributed by atoms with E-state index in [0.29, 0.717) is 68.2 Å². The third-order valence-electron chi connectivity index (χ3n) is 13.0. The van der Waals surface area contributed by atoms with Crippen LogP contribution in [-0.4, -0.2) is 73.7 Å². The first-order chi connectivity index (χ1) is 31.3. The summed E-state index contributed by atoms with van der Waals surface area (Å²) >= 11 is 0. The number of imide groups is 1. The van der Waals surface area contributed by atoms with Crippen LogP contribution >= 0.6 is 0 Å². The van der Waals surface area contributed by atoms with E-state index in [4.69, 9.17) is 9.57 Å². The van der Waals surface area contributed by atoms with Crippen LogP contribution in [0.15, 0.2) is 125 Å². The van der Waals surface area contributed by atoms with Gasteiger partial charge in [0.1, 0.15) is 11.5 Å². The third-order valence-corrected chi connectivity index (χ3v) is 14.7. The van der Waals surface area contributed by atoms with Gasteiger partial charge in [0.05, 0.1) is 16.7 Å². The zero-order chi connectivity index (χ0) is 47.4. The molecule has 0 saturated carbocycles. The summed E-state index contributed by atoms with van der Waals surface area (Å²) in [7, 11) is -8.50. The average molecular weight is 942 g/mol. The highest BCUT2D eigenvalue weighted by Crippen LogP contribution is 2.49. The number of hydroxylamine groups is 2. The molecule has 3 aromatic carbocycles. The van der Waals surface area contributed by atoms with Crippen LogP contribution in [0, 0.1) is 0 Å². The van der Waals surface area contributed by atoms with E-state index in [9.17, 15) is 40.3 Å². The summed E-state index contributed by atoms with van der Waals surface area (Å²) in [4.78, 5) is 45.7. The zero-order valence-corrected chi connectivity index (χ0v) is 39.6. The highest BCUT2D eigenvalue weighted by molar-refractivity contribution is 7.86. The van der Waals surface area contributed by atoms with E-state index in [0.717, 1.165) is 41.1 Å². The molecule has 1 aliphatic carbocycles. The summed E-state index contributed by atoms with van der Waals surface area (Å²) in [6.45, 7) is 10.0. The summed E-state index contributed by atoms with van der Waals surface area (Å²) < 4.78 is 72.6. The number of unbranched alkanes of at least 4 members (excludes halogenated alkanes) is 3. The summed E-state index contributed by atoms with van der Waals surface area (Å²) in [5, 5.41) is 0.583. The predicted octanol–water partition coefficient (Wildman–Crippen LogP) is 8.92. The molecule has 1 atom stereocenters. The Morgan fingerprint density at radius 3 is 2.09 bits per heavy atom. The van der Waals surface area contributed by atoms with Crippen molar-refractivity contribution in [1.82, 2.24) is 5.06 Å². The van der Waals surface area contributed by atoms with Crippen LogP contribution in [0.2, 0.25) is 0 Å². The maximum absolute atomic E-state index is 12.5. The van der Waals surface area contributed by atoms with E-state index in [-0.39, 0.29) is 46.8 Å². The highest BCUT2D eigenvalue weighted by Gasteiger charge is 2.43. The van der Waals surface area contributed by atoms with Gasteiger partial charge in [0.15, 0.2) is 0 Å². The minimum atomic E-state index is -4.42. The van der Waals surface area contributed by atoms with Gasteiger partial charge in [-0.1, -0.05) is 88.7 Å². The monoisotopic (exact) mass is 941 g/mol. The number of rotatable bonds is 18. The first kappa shape index (κ1) is 48.4. The van der Waals surface area contributed by atoms with Crippen molar-refractivity contribution in [2.24, 2.45) is 0 Å². The Morgan fingerprint density at radius 2 is 1.41 bits per heavy atom. The predicted molar refractivity (Wildman–Crippen MR) is 252 cm³/mol. The topological polar surface area (TPSA) is 188 Å². The number of anilines is 2. The smallest absolute Gasteiger partial charge is 0.333 e. The fourth-order valence-corrected chi connectivity index (χ4v) is 10.6. The van der Waals surface area contributed by atoms with Crippen LogP contribution in [0.1, 0.15) is 109 Å². The molecule has 1 fully saturated rings. The Labute approximate surface area is 388 Å². The fraction of sp³-hybridized carbons (Fsp3) is 0.420. The molecule has 7 rings (SSSR count). The van der Waals surface area contributed by atoms with Crippen molar-refractivity contribution in [3.8, 4) is 5.75 Å². The normalized spacial score (nSPS) is 20.5. The van der Waals surface area contributed by atoms with E-state index >= 15 is 0 Å². The molecule has 2 amide bonds. The lowest BCUT2D eigenvalue weighted by Crippen LogP contribution is -2.40. The number of ether oxygens (including phenoxy) is 1. The van der Waals surface area contributed by atoms with Gasteiger partial charge in [0, 0.05) is 60.3 Å². The number of carbonyl (C=O) groups is 3. The molecule has 4 aliphatic rings. The molecule has 0 aromatic heterocycles. The van der Waals surface area contributed by atoms with Gasteiger partial charge < -0.3 is 19.4 Å². The number of carbonyl (C=O) groups excluding carboxylic acids is 3. The summed E-state index contributed by atoms with van der Waals surface area (Å²) in [6, 6.07) is 22.1. The first-order valence-electron chi connectivity index (χ1n) is 22.6. The third kappa shape index (κ3) is 10.8. The summed E-state index contributed by atoms with van der Waals surface area (Å²) in [6.07, 6.45) is 13.9. The fourth-order valence-electron chi connectivity index (χ4n) is 9.58. The van der Waals surface area contributed by atoms with Crippen molar-refractivity contribution in [2.75, 3.05) is 28.6 Å². The number of hydrogen-bond donors (Lipinski definition) is 2. The van der Waals surface area contributed by atoms with Crippen LogP contribution in [0.5, 0.6) is 5.75 Å². The Balaban J connectivity index is 1.18. The largest absolute Gasteiger partial charge is 0.457 e. The number of fused-ring (bicyclic) bond motifs is 2. The molecule has 66 heavy (non-hydrogen) atoms. The standard InChI is InChI=1S/C50H59N3O11S2/c1-49(2)39-17-7-9-19-41(39)51(32-11-5-6-21-47(56)64-53-45(54)30-31-46(53)55)43(49)28-22-35-15-14-16-36(48(35)63-37-24-26-38(27-25-37)66(60,61)62)23-29-44-50(3,4)40-18-8-10-20-42(40)52(44)33-12-13-34-65(57,58)59/h7-10,17-20,22-29,44H,5-6,11-16,21,30-34H2,1-4H3,(H,57,58,59)(H,60,61,62)/b29-23+,35-22+,43-28+. The molecule has 1 saturated heterocycles. The van der Waals surface area contributed by atoms with Crippen molar-refractivity contribution in [3.05, 3.63) is 131 Å². The molecule has 352 valence electrons. The van der Waals surface area contributed by atoms with Crippen LogP contribution in [0.4, 0.5) is 11.4 Å². The lowest BCUT2D eigenvalue weighted by molar-refractivity contribution is -0.197. The Hall–Kier alpha value is -5.55. The SMILES string of the molecule is CC1(C)/C(=C\C=C2/CCCC(/C=C/C3N(CCCCS(=O)(=O)O)c4ccccc4C3(C)C)=C2Oc2ccc(S(=O)(=O)O)cc2)N(CCCCCC(=O)ON2C(=O)CCC2=O)c2ccccc21. The minimum Gasteiger partial charge on any atom is -0.457 e. The molecular formula is C50H59N3O11S2. The lowest BCUT2D eigenvalue weighted by atomic mass is 9.80. The number of para-hydroxylation sites is 2. The Kier molecular flexibility index (Phi) is 14.5. The second kappa shape index (κ2) is 19.7. The maximum Gasteiger partial charge on any atom is 0.333 e. The van der Waals surface area contributed by atoms with Gasteiger partial charge in [-0.15, -0.1) is 5.06 Å². The van der Waals surface area contributed by atoms with Crippen LogP contribution in [0.25, 0.3) is 0 Å². The second-order valence-corrected chi connectivity index (χ2v) is 21.4. The van der Waals surface area contributed by atoms with Gasteiger partial charge in [-0.05, 0) is 110 Å². The van der Waals surface area contributed by atoms with Crippen LogP contribution in [-0.2, 0) is 50.3 Å². The van der Waals surface area contributed by atoms with Crippen molar-refractivity contribution in [2.45, 2.75) is 120 Å². The Bertz CT molecular complexity index is 2690. The van der Waals surface area contributed by atoms with Gasteiger partial charge >= 0.3 is 5.97 Å². The number of hydrogen-bond acceptors (Lipinski definition) is 11. The van der Waals surface area contributed by atoms with Crippen LogP contribution in [0.3, 0.4) is 0 Å². The number of allylic oxidation sites excluding steroid dienone is 6. The minimum absolute atomic E-state index is 0.0451. The van der Waals surface area contributed by atoms with Crippen molar-refractivity contribution in [3.63, 3.8) is 0 Å². The first-order valence-corrected chi connectivity index (χ1v) is 25.6. The summed E-state index contributed by atoms with van der Waals surface area (Å²) in [5.41, 5.74) is 6.82. The molecule has 0 bridgehead atoms. The lowest BCUT2D eigenvalue weighted by Gasteiger charge is -2.33. The van der Waals surface area contributed by atoms with Gasteiger partial charge in [-0.2, -0.15) is 16.8 Å².